The lowest BCUT2D eigenvalue weighted by molar-refractivity contribution is -0.112. The number of rotatable bonds is 5. The van der Waals surface area contributed by atoms with Crippen LogP contribution in [-0.4, -0.2) is 21.7 Å². The SMILES string of the molecule is O=C(Nc1cccnc1)C(=O)c1c(Cc2ccc(F)cc2)[nH]c2ccccc12. The molecular weight excluding hydrogens is 357 g/mol. The summed E-state index contributed by atoms with van der Waals surface area (Å²) >= 11 is 0. The third-order valence-corrected chi connectivity index (χ3v) is 4.43. The van der Waals surface area contributed by atoms with Crippen molar-refractivity contribution in [3.05, 3.63) is 95.7 Å². The number of carbonyl (C=O) groups is 2. The lowest BCUT2D eigenvalue weighted by atomic mass is 10.0. The van der Waals surface area contributed by atoms with Gasteiger partial charge in [-0.2, -0.15) is 0 Å². The van der Waals surface area contributed by atoms with E-state index in [9.17, 15) is 14.0 Å². The van der Waals surface area contributed by atoms with E-state index in [-0.39, 0.29) is 5.82 Å². The molecular formula is C22H16FN3O2. The topological polar surface area (TPSA) is 74.8 Å². The number of halogens is 1. The van der Waals surface area contributed by atoms with Crippen molar-refractivity contribution < 1.29 is 14.0 Å². The van der Waals surface area contributed by atoms with Crippen LogP contribution in [0.2, 0.25) is 0 Å². The van der Waals surface area contributed by atoms with Crippen molar-refractivity contribution in [2.24, 2.45) is 0 Å². The van der Waals surface area contributed by atoms with Crippen molar-refractivity contribution in [1.29, 1.82) is 0 Å². The summed E-state index contributed by atoms with van der Waals surface area (Å²) in [7, 11) is 0. The molecule has 0 aliphatic heterocycles. The quantitative estimate of drug-likeness (QED) is 0.408. The minimum absolute atomic E-state index is 0.321. The summed E-state index contributed by atoms with van der Waals surface area (Å²) in [4.78, 5) is 32.7. The summed E-state index contributed by atoms with van der Waals surface area (Å²) in [6, 6.07) is 16.7. The molecule has 138 valence electrons. The summed E-state index contributed by atoms with van der Waals surface area (Å²) in [5, 5.41) is 3.25. The Morgan fingerprint density at radius 2 is 1.79 bits per heavy atom. The molecule has 2 heterocycles. The average Bonchev–Trinajstić information content (AvgIpc) is 3.07. The van der Waals surface area contributed by atoms with Gasteiger partial charge in [-0.15, -0.1) is 0 Å². The second-order valence-corrected chi connectivity index (χ2v) is 6.35. The molecule has 0 saturated heterocycles. The number of H-pyrrole nitrogens is 1. The van der Waals surface area contributed by atoms with Gasteiger partial charge in [-0.3, -0.25) is 14.6 Å². The summed E-state index contributed by atoms with van der Waals surface area (Å²) < 4.78 is 13.2. The molecule has 2 aromatic heterocycles. The molecule has 0 aliphatic rings. The van der Waals surface area contributed by atoms with Crippen molar-refractivity contribution in [2.75, 3.05) is 5.32 Å². The fraction of sp³-hybridized carbons (Fsp3) is 0.0455. The highest BCUT2D eigenvalue weighted by Crippen LogP contribution is 2.25. The Morgan fingerprint density at radius 3 is 2.54 bits per heavy atom. The molecule has 6 heteroatoms. The third-order valence-electron chi connectivity index (χ3n) is 4.43. The number of aromatic amines is 1. The predicted octanol–water partition coefficient (Wildman–Crippen LogP) is 4.11. The van der Waals surface area contributed by atoms with Crippen LogP contribution in [0.15, 0.2) is 73.1 Å². The highest BCUT2D eigenvalue weighted by Gasteiger charge is 2.24. The van der Waals surface area contributed by atoms with Crippen LogP contribution in [0.25, 0.3) is 10.9 Å². The largest absolute Gasteiger partial charge is 0.357 e. The van der Waals surface area contributed by atoms with Gasteiger partial charge in [0.15, 0.2) is 0 Å². The Labute approximate surface area is 160 Å². The smallest absolute Gasteiger partial charge is 0.296 e. The number of anilines is 1. The molecule has 0 unspecified atom stereocenters. The lowest BCUT2D eigenvalue weighted by Gasteiger charge is -2.06. The fourth-order valence-electron chi connectivity index (χ4n) is 3.13. The first-order valence-corrected chi connectivity index (χ1v) is 8.71. The van der Waals surface area contributed by atoms with Crippen molar-refractivity contribution in [1.82, 2.24) is 9.97 Å². The molecule has 4 rings (SSSR count). The maximum Gasteiger partial charge on any atom is 0.296 e. The van der Waals surface area contributed by atoms with E-state index in [4.69, 9.17) is 0 Å². The number of aromatic nitrogens is 2. The maximum absolute atomic E-state index is 13.2. The summed E-state index contributed by atoms with van der Waals surface area (Å²) in [5.41, 5.74) is 2.97. The predicted molar refractivity (Wildman–Crippen MR) is 105 cm³/mol. The van der Waals surface area contributed by atoms with Gasteiger partial charge in [0.05, 0.1) is 17.4 Å². The zero-order valence-corrected chi connectivity index (χ0v) is 14.8. The first kappa shape index (κ1) is 17.6. The Morgan fingerprint density at radius 1 is 1.00 bits per heavy atom. The van der Waals surface area contributed by atoms with E-state index in [2.05, 4.69) is 15.3 Å². The summed E-state index contributed by atoms with van der Waals surface area (Å²) in [5.74, 6) is -1.70. The van der Waals surface area contributed by atoms with Gasteiger partial charge in [-0.05, 0) is 35.9 Å². The summed E-state index contributed by atoms with van der Waals surface area (Å²) in [6.45, 7) is 0. The normalized spacial score (nSPS) is 10.8. The van der Waals surface area contributed by atoms with Crippen LogP contribution >= 0.6 is 0 Å². The second-order valence-electron chi connectivity index (χ2n) is 6.35. The average molecular weight is 373 g/mol. The molecule has 0 radical (unpaired) electrons. The van der Waals surface area contributed by atoms with E-state index in [0.717, 1.165) is 11.1 Å². The summed E-state index contributed by atoms with van der Waals surface area (Å²) in [6.07, 6.45) is 3.42. The third kappa shape index (κ3) is 3.53. The van der Waals surface area contributed by atoms with Crippen molar-refractivity contribution in [3.63, 3.8) is 0 Å². The first-order valence-electron chi connectivity index (χ1n) is 8.71. The molecule has 5 nitrogen and oxygen atoms in total. The molecule has 0 aliphatic carbocycles. The Kier molecular flexibility index (Phi) is 4.68. The van der Waals surface area contributed by atoms with Crippen LogP contribution in [0.4, 0.5) is 10.1 Å². The number of hydrogen-bond acceptors (Lipinski definition) is 3. The van der Waals surface area contributed by atoms with Gasteiger partial charge >= 0.3 is 0 Å². The first-order chi connectivity index (χ1) is 13.6. The fourth-order valence-corrected chi connectivity index (χ4v) is 3.13. The van der Waals surface area contributed by atoms with Crippen molar-refractivity contribution in [2.45, 2.75) is 6.42 Å². The molecule has 0 atom stereocenters. The monoisotopic (exact) mass is 373 g/mol. The Hall–Kier alpha value is -3.80. The Balaban J connectivity index is 1.71. The van der Waals surface area contributed by atoms with E-state index < -0.39 is 11.7 Å². The van der Waals surface area contributed by atoms with Crippen LogP contribution in [-0.2, 0) is 11.2 Å². The molecule has 2 N–H and O–H groups in total. The molecule has 0 bridgehead atoms. The number of Topliss-reactive ketones (excluding diaryl/α,β-unsaturated/α-hetero) is 1. The zero-order chi connectivity index (χ0) is 19.5. The van der Waals surface area contributed by atoms with E-state index in [0.29, 0.717) is 28.8 Å². The van der Waals surface area contributed by atoms with E-state index in [1.165, 1.54) is 18.3 Å². The number of fused-ring (bicyclic) bond motifs is 1. The number of amides is 1. The Bertz CT molecular complexity index is 1150. The van der Waals surface area contributed by atoms with Crippen molar-refractivity contribution in [3.8, 4) is 0 Å². The molecule has 0 spiro atoms. The number of hydrogen-bond donors (Lipinski definition) is 2. The number of para-hydroxylation sites is 1. The van der Waals surface area contributed by atoms with Gasteiger partial charge in [-0.25, -0.2) is 4.39 Å². The molecule has 0 saturated carbocycles. The van der Waals surface area contributed by atoms with Gasteiger partial charge in [0.25, 0.3) is 11.7 Å². The lowest BCUT2D eigenvalue weighted by Crippen LogP contribution is -2.23. The maximum atomic E-state index is 13.2. The number of benzene rings is 2. The van der Waals surface area contributed by atoms with Crippen LogP contribution in [0.5, 0.6) is 0 Å². The van der Waals surface area contributed by atoms with Gasteiger partial charge in [0.2, 0.25) is 0 Å². The second kappa shape index (κ2) is 7.44. The highest BCUT2D eigenvalue weighted by molar-refractivity contribution is 6.48. The highest BCUT2D eigenvalue weighted by atomic mass is 19.1. The van der Waals surface area contributed by atoms with Crippen LogP contribution < -0.4 is 5.32 Å². The zero-order valence-electron chi connectivity index (χ0n) is 14.8. The van der Waals surface area contributed by atoms with Gasteiger partial charge < -0.3 is 10.3 Å². The molecule has 1 amide bonds. The molecule has 0 fully saturated rings. The molecule has 2 aromatic carbocycles. The van der Waals surface area contributed by atoms with Crippen LogP contribution in [0, 0.1) is 5.82 Å². The molecule has 4 aromatic rings. The van der Waals surface area contributed by atoms with Gasteiger partial charge in [-0.1, -0.05) is 30.3 Å². The van der Waals surface area contributed by atoms with Crippen LogP contribution in [0.3, 0.4) is 0 Å². The van der Waals surface area contributed by atoms with E-state index in [1.807, 2.05) is 18.2 Å². The number of ketones is 1. The minimum atomic E-state index is -0.738. The van der Waals surface area contributed by atoms with E-state index >= 15 is 0 Å². The number of nitrogens with zero attached hydrogens (tertiary/aromatic N) is 1. The van der Waals surface area contributed by atoms with Crippen LogP contribution in [0.1, 0.15) is 21.6 Å². The van der Waals surface area contributed by atoms with E-state index in [1.54, 1.807) is 36.5 Å². The molecule has 28 heavy (non-hydrogen) atoms. The minimum Gasteiger partial charge on any atom is -0.357 e. The number of nitrogens with one attached hydrogen (secondary N) is 2. The number of pyridine rings is 1. The van der Waals surface area contributed by atoms with Gasteiger partial charge in [0, 0.05) is 29.2 Å². The number of carbonyl (C=O) groups excluding carboxylic acids is 2. The van der Waals surface area contributed by atoms with Gasteiger partial charge in [0.1, 0.15) is 5.82 Å². The van der Waals surface area contributed by atoms with Crippen molar-refractivity contribution >= 4 is 28.3 Å². The standard InChI is InChI=1S/C22H16FN3O2/c23-15-9-7-14(8-10-15)12-19-20(17-5-1-2-6-18(17)26-19)21(27)22(28)25-16-4-3-11-24-13-16/h1-11,13,26H,12H2,(H,25,28).